The number of rotatable bonds is 9. The number of benzene rings is 3. The largest absolute Gasteiger partial charge is 0.380 e. The topological polar surface area (TPSA) is 43.4 Å². The Kier molecular flexibility index (Phi) is 7.28. The predicted molar refractivity (Wildman–Crippen MR) is 117 cm³/mol. The van der Waals surface area contributed by atoms with Gasteiger partial charge in [-0.2, -0.15) is 0 Å². The molecule has 0 aromatic heterocycles. The summed E-state index contributed by atoms with van der Waals surface area (Å²) in [5, 5.41) is 0. The van der Waals surface area contributed by atoms with E-state index in [0.29, 0.717) is 28.4 Å². The summed E-state index contributed by atoms with van der Waals surface area (Å²) in [6, 6.07) is 26.3. The van der Waals surface area contributed by atoms with E-state index in [1.165, 1.54) is 0 Å². The Morgan fingerprint density at radius 1 is 0.931 bits per heavy atom. The van der Waals surface area contributed by atoms with Gasteiger partial charge in [-0.1, -0.05) is 79.4 Å². The molecule has 3 rings (SSSR count). The van der Waals surface area contributed by atoms with Crippen molar-refractivity contribution < 1.29 is 13.7 Å². The van der Waals surface area contributed by atoms with Gasteiger partial charge in [0.2, 0.25) is 0 Å². The number of allylic oxidation sites excluding steroid dienone is 1. The third-order valence-electron chi connectivity index (χ3n) is 4.75. The van der Waals surface area contributed by atoms with Gasteiger partial charge in [-0.3, -0.25) is 4.79 Å². The summed E-state index contributed by atoms with van der Waals surface area (Å²) in [7, 11) is 0.236. The van der Waals surface area contributed by atoms with Crippen LogP contribution < -0.4 is 0 Å². The SMILES string of the molecule is C=C(CC(C(=O)c1ccccc1COC)c1ccccc1)S(=O)c1ccccc1. The minimum absolute atomic E-state index is 0.0185. The second-order valence-corrected chi connectivity index (χ2v) is 8.33. The summed E-state index contributed by atoms with van der Waals surface area (Å²) < 4.78 is 18.2. The highest BCUT2D eigenvalue weighted by atomic mass is 32.2. The van der Waals surface area contributed by atoms with Crippen LogP contribution in [-0.2, 0) is 22.1 Å². The Morgan fingerprint density at radius 3 is 2.17 bits per heavy atom. The van der Waals surface area contributed by atoms with Crippen LogP contribution in [0.3, 0.4) is 0 Å². The molecule has 3 nitrogen and oxygen atoms in total. The monoisotopic (exact) mass is 404 g/mol. The van der Waals surface area contributed by atoms with Crippen LogP contribution in [0.1, 0.15) is 33.8 Å². The zero-order valence-corrected chi connectivity index (χ0v) is 17.2. The molecule has 0 saturated carbocycles. The lowest BCUT2D eigenvalue weighted by Crippen LogP contribution is -2.17. The molecule has 29 heavy (non-hydrogen) atoms. The van der Waals surface area contributed by atoms with Gasteiger partial charge in [0.15, 0.2) is 5.78 Å². The van der Waals surface area contributed by atoms with Gasteiger partial charge < -0.3 is 4.74 Å². The minimum atomic E-state index is -1.38. The molecule has 0 saturated heterocycles. The van der Waals surface area contributed by atoms with Crippen molar-refractivity contribution in [3.8, 4) is 0 Å². The van der Waals surface area contributed by atoms with Crippen LogP contribution in [0.4, 0.5) is 0 Å². The van der Waals surface area contributed by atoms with Gasteiger partial charge in [0, 0.05) is 22.5 Å². The van der Waals surface area contributed by atoms with Crippen molar-refractivity contribution in [2.24, 2.45) is 0 Å². The van der Waals surface area contributed by atoms with Gasteiger partial charge in [-0.05, 0) is 29.7 Å². The van der Waals surface area contributed by atoms with Crippen LogP contribution in [0.15, 0.2) is 101 Å². The Labute approximate surface area is 174 Å². The Hall–Kier alpha value is -2.82. The van der Waals surface area contributed by atoms with E-state index in [9.17, 15) is 9.00 Å². The van der Waals surface area contributed by atoms with E-state index in [2.05, 4.69) is 6.58 Å². The zero-order chi connectivity index (χ0) is 20.6. The van der Waals surface area contributed by atoms with Gasteiger partial charge in [0.25, 0.3) is 0 Å². The van der Waals surface area contributed by atoms with E-state index in [1.54, 1.807) is 7.11 Å². The van der Waals surface area contributed by atoms with Gasteiger partial charge >= 0.3 is 0 Å². The molecule has 0 spiro atoms. The van der Waals surface area contributed by atoms with Crippen molar-refractivity contribution in [1.82, 2.24) is 0 Å². The Morgan fingerprint density at radius 2 is 1.52 bits per heavy atom. The third kappa shape index (κ3) is 5.17. The van der Waals surface area contributed by atoms with Gasteiger partial charge in [0.1, 0.15) is 0 Å². The van der Waals surface area contributed by atoms with Crippen LogP contribution in [0, 0.1) is 0 Å². The molecule has 2 atom stereocenters. The van der Waals surface area contributed by atoms with Crippen LogP contribution in [0.5, 0.6) is 0 Å². The molecule has 2 unspecified atom stereocenters. The average molecular weight is 405 g/mol. The second-order valence-electron chi connectivity index (χ2n) is 6.74. The Balaban J connectivity index is 1.93. The zero-order valence-electron chi connectivity index (χ0n) is 16.4. The van der Waals surface area contributed by atoms with Crippen molar-refractivity contribution in [1.29, 1.82) is 0 Å². The summed E-state index contributed by atoms with van der Waals surface area (Å²) in [6.45, 7) is 4.42. The fourth-order valence-electron chi connectivity index (χ4n) is 3.29. The molecule has 4 heteroatoms. The first kappa shape index (κ1) is 20.9. The van der Waals surface area contributed by atoms with Crippen LogP contribution in [-0.4, -0.2) is 17.1 Å². The average Bonchev–Trinajstić information content (AvgIpc) is 2.78. The molecule has 0 aliphatic heterocycles. The lowest BCUT2D eigenvalue weighted by molar-refractivity contribution is 0.0954. The molecule has 0 amide bonds. The highest BCUT2D eigenvalue weighted by Gasteiger charge is 2.26. The molecule has 0 heterocycles. The molecule has 0 fully saturated rings. The molecule has 0 aliphatic rings. The smallest absolute Gasteiger partial charge is 0.171 e. The molecule has 0 bridgehead atoms. The van der Waals surface area contributed by atoms with E-state index in [1.807, 2.05) is 84.9 Å². The molecular formula is C25H24O3S. The number of hydrogen-bond donors (Lipinski definition) is 0. The van der Waals surface area contributed by atoms with Gasteiger partial charge in [-0.25, -0.2) is 4.21 Å². The van der Waals surface area contributed by atoms with Crippen molar-refractivity contribution >= 4 is 16.6 Å². The maximum absolute atomic E-state index is 13.5. The first-order chi connectivity index (χ1) is 14.1. The highest BCUT2D eigenvalue weighted by Crippen LogP contribution is 2.31. The quantitative estimate of drug-likeness (QED) is 0.442. The second kappa shape index (κ2) is 10.1. The summed E-state index contributed by atoms with van der Waals surface area (Å²) in [4.78, 5) is 14.8. The first-order valence-electron chi connectivity index (χ1n) is 9.42. The number of Topliss-reactive ketones (excluding diaryl/α,β-unsaturated/α-hetero) is 1. The molecule has 3 aromatic rings. The normalized spacial score (nSPS) is 12.9. The molecule has 0 radical (unpaired) electrons. The maximum atomic E-state index is 13.5. The molecular weight excluding hydrogens is 380 g/mol. The molecule has 148 valence electrons. The van der Waals surface area contributed by atoms with Crippen molar-refractivity contribution in [2.75, 3.05) is 7.11 Å². The van der Waals surface area contributed by atoms with Crippen LogP contribution in [0.2, 0.25) is 0 Å². The third-order valence-corrected chi connectivity index (χ3v) is 6.14. The van der Waals surface area contributed by atoms with E-state index in [0.717, 1.165) is 11.1 Å². The minimum Gasteiger partial charge on any atom is -0.380 e. The molecule has 0 N–H and O–H groups in total. The van der Waals surface area contributed by atoms with Gasteiger partial charge in [0.05, 0.1) is 23.3 Å². The maximum Gasteiger partial charge on any atom is 0.171 e. The number of methoxy groups -OCH3 is 1. The molecule has 3 aromatic carbocycles. The lowest BCUT2D eigenvalue weighted by Gasteiger charge is -2.19. The van der Waals surface area contributed by atoms with Crippen molar-refractivity contribution in [3.63, 3.8) is 0 Å². The number of carbonyl (C=O) groups is 1. The Bertz CT molecular complexity index is 997. The number of ether oxygens (including phenoxy) is 1. The standard InChI is InChI=1S/C25H24O3S/c1-19(29(27)22-14-7-4-8-15-22)17-24(20-11-5-3-6-12-20)25(26)23-16-10-9-13-21(23)18-28-2/h3-16,24H,1,17-18H2,2H3. The summed E-state index contributed by atoms with van der Waals surface area (Å²) in [5.74, 6) is -0.482. The van der Waals surface area contributed by atoms with E-state index in [4.69, 9.17) is 4.74 Å². The molecule has 0 aliphatic carbocycles. The number of carbonyl (C=O) groups excluding carboxylic acids is 1. The van der Waals surface area contributed by atoms with Crippen LogP contribution >= 0.6 is 0 Å². The van der Waals surface area contributed by atoms with Crippen LogP contribution in [0.25, 0.3) is 0 Å². The number of hydrogen-bond acceptors (Lipinski definition) is 3. The lowest BCUT2D eigenvalue weighted by atomic mass is 9.86. The van der Waals surface area contributed by atoms with Crippen molar-refractivity contribution in [3.05, 3.63) is 113 Å². The summed E-state index contributed by atoms with van der Waals surface area (Å²) >= 11 is 0. The van der Waals surface area contributed by atoms with E-state index in [-0.39, 0.29) is 5.78 Å². The first-order valence-corrected chi connectivity index (χ1v) is 10.6. The summed E-state index contributed by atoms with van der Waals surface area (Å²) in [5.41, 5.74) is 2.35. The summed E-state index contributed by atoms with van der Waals surface area (Å²) in [6.07, 6.45) is 0.311. The fourth-order valence-corrected chi connectivity index (χ4v) is 4.35. The van der Waals surface area contributed by atoms with Gasteiger partial charge in [-0.15, -0.1) is 0 Å². The predicted octanol–water partition coefficient (Wildman–Crippen LogP) is 5.51. The highest BCUT2D eigenvalue weighted by molar-refractivity contribution is 7.89. The van der Waals surface area contributed by atoms with E-state index < -0.39 is 16.7 Å². The van der Waals surface area contributed by atoms with E-state index >= 15 is 0 Å². The fraction of sp³-hybridized carbons (Fsp3) is 0.160. The number of ketones is 1. The van der Waals surface area contributed by atoms with Crippen molar-refractivity contribution in [2.45, 2.75) is 23.8 Å².